The molecule has 0 aliphatic heterocycles. The van der Waals surface area contributed by atoms with Crippen molar-refractivity contribution in [3.8, 4) is 5.75 Å². The molecule has 0 spiro atoms. The third-order valence-corrected chi connectivity index (χ3v) is 3.62. The Hall–Kier alpha value is -3.08. The number of nitrogens with zero attached hydrogens (tertiary/aromatic N) is 1. The first-order valence-electron chi connectivity index (χ1n) is 7.17. The SMILES string of the molecule is O=Cc1cccc(OCCn2ccc3ccc(C(=O)O)cc32)c1. The normalized spacial score (nSPS) is 10.6. The summed E-state index contributed by atoms with van der Waals surface area (Å²) >= 11 is 0. The van der Waals surface area contributed by atoms with Gasteiger partial charge in [-0.2, -0.15) is 0 Å². The average Bonchev–Trinajstić information content (AvgIpc) is 2.97. The molecular weight excluding hydrogens is 294 g/mol. The topological polar surface area (TPSA) is 68.5 Å². The zero-order chi connectivity index (χ0) is 16.2. The maximum Gasteiger partial charge on any atom is 0.335 e. The predicted molar refractivity (Wildman–Crippen MR) is 86.2 cm³/mol. The van der Waals surface area contributed by atoms with Gasteiger partial charge < -0.3 is 14.4 Å². The standard InChI is InChI=1S/C18H15NO4/c20-12-13-2-1-3-16(10-13)23-9-8-19-7-6-14-4-5-15(18(21)22)11-17(14)19/h1-7,10-12H,8-9H2,(H,21,22). The summed E-state index contributed by atoms with van der Waals surface area (Å²) < 4.78 is 7.60. The van der Waals surface area contributed by atoms with Gasteiger partial charge in [0.1, 0.15) is 18.6 Å². The predicted octanol–water partition coefficient (Wildman–Crippen LogP) is 3.23. The van der Waals surface area contributed by atoms with E-state index < -0.39 is 5.97 Å². The molecule has 0 radical (unpaired) electrons. The second-order valence-electron chi connectivity index (χ2n) is 5.13. The van der Waals surface area contributed by atoms with Crippen molar-refractivity contribution in [1.29, 1.82) is 0 Å². The molecule has 0 unspecified atom stereocenters. The minimum Gasteiger partial charge on any atom is -0.492 e. The summed E-state index contributed by atoms with van der Waals surface area (Å²) in [6.45, 7) is 1.00. The molecule has 3 rings (SSSR count). The van der Waals surface area contributed by atoms with Crippen molar-refractivity contribution in [3.63, 3.8) is 0 Å². The van der Waals surface area contributed by atoms with Gasteiger partial charge in [0.05, 0.1) is 12.1 Å². The van der Waals surface area contributed by atoms with E-state index >= 15 is 0 Å². The molecule has 0 amide bonds. The second-order valence-corrected chi connectivity index (χ2v) is 5.13. The molecule has 0 fully saturated rings. The number of aromatic carboxylic acids is 1. The number of rotatable bonds is 6. The van der Waals surface area contributed by atoms with E-state index in [9.17, 15) is 9.59 Å². The Balaban J connectivity index is 1.72. The minimum atomic E-state index is -0.943. The summed E-state index contributed by atoms with van der Waals surface area (Å²) in [5, 5.41) is 10.1. The van der Waals surface area contributed by atoms with Gasteiger partial charge in [0, 0.05) is 17.3 Å². The zero-order valence-corrected chi connectivity index (χ0v) is 12.3. The van der Waals surface area contributed by atoms with Crippen LogP contribution in [0.3, 0.4) is 0 Å². The van der Waals surface area contributed by atoms with Crippen LogP contribution >= 0.6 is 0 Å². The van der Waals surface area contributed by atoms with Gasteiger partial charge in [-0.15, -0.1) is 0 Å². The van der Waals surface area contributed by atoms with E-state index in [0.717, 1.165) is 17.2 Å². The lowest BCUT2D eigenvalue weighted by Crippen LogP contribution is -2.07. The fraction of sp³-hybridized carbons (Fsp3) is 0.111. The fourth-order valence-corrected chi connectivity index (χ4v) is 2.45. The molecular formula is C18H15NO4. The Morgan fingerprint density at radius 2 is 2.04 bits per heavy atom. The van der Waals surface area contributed by atoms with Crippen LogP contribution in [-0.2, 0) is 6.54 Å². The Bertz CT molecular complexity index is 866. The van der Waals surface area contributed by atoms with Crippen LogP contribution in [-0.4, -0.2) is 28.5 Å². The van der Waals surface area contributed by atoms with Crippen molar-refractivity contribution in [2.75, 3.05) is 6.61 Å². The number of carboxylic acid groups (broad SMARTS) is 1. The lowest BCUT2D eigenvalue weighted by molar-refractivity contribution is 0.0697. The quantitative estimate of drug-likeness (QED) is 0.710. The highest BCUT2D eigenvalue weighted by Gasteiger charge is 2.07. The molecule has 0 aliphatic carbocycles. The van der Waals surface area contributed by atoms with Gasteiger partial charge in [0.25, 0.3) is 0 Å². The number of carboxylic acids is 1. The smallest absolute Gasteiger partial charge is 0.335 e. The van der Waals surface area contributed by atoms with E-state index in [4.69, 9.17) is 9.84 Å². The highest BCUT2D eigenvalue weighted by atomic mass is 16.5. The van der Waals surface area contributed by atoms with Gasteiger partial charge in [0.15, 0.2) is 0 Å². The van der Waals surface area contributed by atoms with Gasteiger partial charge >= 0.3 is 5.97 Å². The maximum atomic E-state index is 11.1. The Morgan fingerprint density at radius 1 is 1.17 bits per heavy atom. The molecule has 0 aliphatic rings. The van der Waals surface area contributed by atoms with Crippen LogP contribution in [0.15, 0.2) is 54.7 Å². The highest BCUT2D eigenvalue weighted by Crippen LogP contribution is 2.18. The van der Waals surface area contributed by atoms with Crippen LogP contribution in [0.25, 0.3) is 10.9 Å². The van der Waals surface area contributed by atoms with Crippen LogP contribution in [0.5, 0.6) is 5.75 Å². The van der Waals surface area contributed by atoms with Crippen molar-refractivity contribution in [1.82, 2.24) is 4.57 Å². The number of aromatic nitrogens is 1. The molecule has 1 N–H and O–H groups in total. The van der Waals surface area contributed by atoms with E-state index in [-0.39, 0.29) is 5.56 Å². The van der Waals surface area contributed by atoms with Crippen molar-refractivity contribution in [2.24, 2.45) is 0 Å². The first kappa shape index (κ1) is 14.8. The van der Waals surface area contributed by atoms with Gasteiger partial charge in [-0.05, 0) is 35.7 Å². The van der Waals surface area contributed by atoms with E-state index in [2.05, 4.69) is 0 Å². The first-order valence-corrected chi connectivity index (χ1v) is 7.17. The van der Waals surface area contributed by atoms with Crippen molar-refractivity contribution < 1.29 is 19.4 Å². The number of hydrogen-bond acceptors (Lipinski definition) is 3. The molecule has 2 aromatic carbocycles. The molecule has 0 atom stereocenters. The Morgan fingerprint density at radius 3 is 2.83 bits per heavy atom. The highest BCUT2D eigenvalue weighted by molar-refractivity contribution is 5.93. The summed E-state index contributed by atoms with van der Waals surface area (Å²) in [6, 6.07) is 13.9. The molecule has 23 heavy (non-hydrogen) atoms. The number of fused-ring (bicyclic) bond motifs is 1. The average molecular weight is 309 g/mol. The molecule has 1 aromatic heterocycles. The van der Waals surface area contributed by atoms with E-state index in [1.165, 1.54) is 0 Å². The number of ether oxygens (including phenoxy) is 1. The summed E-state index contributed by atoms with van der Waals surface area (Å²) in [7, 11) is 0. The minimum absolute atomic E-state index is 0.261. The monoisotopic (exact) mass is 309 g/mol. The first-order chi connectivity index (χ1) is 11.2. The van der Waals surface area contributed by atoms with Crippen molar-refractivity contribution in [2.45, 2.75) is 6.54 Å². The largest absolute Gasteiger partial charge is 0.492 e. The maximum absolute atomic E-state index is 11.1. The van der Waals surface area contributed by atoms with Gasteiger partial charge in [-0.1, -0.05) is 18.2 Å². The number of benzene rings is 2. The van der Waals surface area contributed by atoms with Crippen molar-refractivity contribution in [3.05, 3.63) is 65.9 Å². The van der Waals surface area contributed by atoms with Crippen molar-refractivity contribution >= 4 is 23.2 Å². The molecule has 5 heteroatoms. The second kappa shape index (κ2) is 6.36. The molecule has 0 saturated heterocycles. The number of aldehydes is 1. The summed E-state index contributed by atoms with van der Waals surface area (Å²) in [5.41, 5.74) is 1.69. The third-order valence-electron chi connectivity index (χ3n) is 3.62. The lowest BCUT2D eigenvalue weighted by Gasteiger charge is -2.09. The molecule has 0 bridgehead atoms. The van der Waals surface area contributed by atoms with Crippen LogP contribution in [0.2, 0.25) is 0 Å². The fourth-order valence-electron chi connectivity index (χ4n) is 2.45. The van der Waals surface area contributed by atoms with Gasteiger partial charge in [0.2, 0.25) is 0 Å². The molecule has 1 heterocycles. The summed E-state index contributed by atoms with van der Waals surface area (Å²) in [4.78, 5) is 21.8. The van der Waals surface area contributed by atoms with Gasteiger partial charge in [-0.25, -0.2) is 4.79 Å². The van der Waals surface area contributed by atoms with E-state index in [1.807, 2.05) is 16.8 Å². The number of hydrogen-bond donors (Lipinski definition) is 1. The van der Waals surface area contributed by atoms with Crippen LogP contribution < -0.4 is 4.74 Å². The number of carbonyl (C=O) groups excluding carboxylic acids is 1. The molecule has 3 aromatic rings. The Labute approximate surface area is 132 Å². The van der Waals surface area contributed by atoms with Crippen LogP contribution in [0, 0.1) is 0 Å². The van der Waals surface area contributed by atoms with E-state index in [0.29, 0.717) is 24.5 Å². The zero-order valence-electron chi connectivity index (χ0n) is 12.3. The van der Waals surface area contributed by atoms with Crippen LogP contribution in [0.1, 0.15) is 20.7 Å². The van der Waals surface area contributed by atoms with Gasteiger partial charge in [-0.3, -0.25) is 4.79 Å². The molecule has 116 valence electrons. The Kier molecular flexibility index (Phi) is 4.10. The summed E-state index contributed by atoms with van der Waals surface area (Å²) in [6.07, 6.45) is 2.68. The molecule has 5 nitrogen and oxygen atoms in total. The van der Waals surface area contributed by atoms with E-state index in [1.54, 1.807) is 42.5 Å². The third kappa shape index (κ3) is 3.23. The molecule has 0 saturated carbocycles. The summed E-state index contributed by atoms with van der Waals surface area (Å²) in [5.74, 6) is -0.307. The number of carbonyl (C=O) groups is 2. The van der Waals surface area contributed by atoms with Crippen LogP contribution in [0.4, 0.5) is 0 Å². The lowest BCUT2D eigenvalue weighted by atomic mass is 10.2.